The molecule has 2 heterocycles. The SMILES string of the molecule is CCC1(CCCN2C(=O)C(C)(C)OC3=C2C=C(C(=O)OC)C(C)C3)OCCO1. The highest BCUT2D eigenvalue weighted by Gasteiger charge is 2.44. The second kappa shape index (κ2) is 7.87. The summed E-state index contributed by atoms with van der Waals surface area (Å²) >= 11 is 0. The van der Waals surface area contributed by atoms with Crippen LogP contribution in [0.5, 0.6) is 0 Å². The van der Waals surface area contributed by atoms with Crippen molar-refractivity contribution in [3.05, 3.63) is 23.1 Å². The Morgan fingerprint density at radius 1 is 1.32 bits per heavy atom. The summed E-state index contributed by atoms with van der Waals surface area (Å²) in [6.45, 7) is 9.30. The third kappa shape index (κ3) is 3.82. The molecular formula is C21H31NO6. The first-order chi connectivity index (χ1) is 13.2. The topological polar surface area (TPSA) is 74.3 Å². The van der Waals surface area contributed by atoms with Gasteiger partial charge in [0.25, 0.3) is 5.91 Å². The molecule has 7 heteroatoms. The van der Waals surface area contributed by atoms with Crippen LogP contribution in [0.4, 0.5) is 0 Å². The summed E-state index contributed by atoms with van der Waals surface area (Å²) in [7, 11) is 1.37. The van der Waals surface area contributed by atoms with E-state index in [2.05, 4.69) is 0 Å². The number of allylic oxidation sites excluding steroid dienone is 2. The normalized spacial score (nSPS) is 25.9. The van der Waals surface area contributed by atoms with E-state index in [1.807, 2.05) is 13.8 Å². The van der Waals surface area contributed by atoms with Gasteiger partial charge in [0.2, 0.25) is 0 Å². The first kappa shape index (κ1) is 20.9. The minimum absolute atomic E-state index is 0.0271. The zero-order valence-electron chi connectivity index (χ0n) is 17.5. The molecule has 0 aromatic carbocycles. The maximum Gasteiger partial charge on any atom is 0.334 e. The molecule has 1 saturated heterocycles. The smallest absolute Gasteiger partial charge is 0.334 e. The van der Waals surface area contributed by atoms with E-state index >= 15 is 0 Å². The first-order valence-electron chi connectivity index (χ1n) is 10.0. The van der Waals surface area contributed by atoms with E-state index in [0.717, 1.165) is 18.6 Å². The first-order valence-corrected chi connectivity index (χ1v) is 10.0. The average molecular weight is 393 g/mol. The van der Waals surface area contributed by atoms with Gasteiger partial charge in [-0.25, -0.2) is 4.79 Å². The van der Waals surface area contributed by atoms with Gasteiger partial charge in [0.15, 0.2) is 11.4 Å². The molecule has 3 aliphatic rings. The highest BCUT2D eigenvalue weighted by atomic mass is 16.7. The molecule has 1 atom stereocenters. The molecule has 1 fully saturated rings. The van der Waals surface area contributed by atoms with E-state index in [1.54, 1.807) is 24.8 Å². The zero-order valence-corrected chi connectivity index (χ0v) is 17.5. The third-order valence-corrected chi connectivity index (χ3v) is 5.74. The van der Waals surface area contributed by atoms with Gasteiger partial charge in [-0.15, -0.1) is 0 Å². The Morgan fingerprint density at radius 3 is 2.61 bits per heavy atom. The van der Waals surface area contributed by atoms with Crippen LogP contribution >= 0.6 is 0 Å². The molecule has 0 aromatic rings. The lowest BCUT2D eigenvalue weighted by molar-refractivity contribution is -0.167. The fourth-order valence-electron chi connectivity index (χ4n) is 4.10. The summed E-state index contributed by atoms with van der Waals surface area (Å²) in [6.07, 6.45) is 4.52. The minimum Gasteiger partial charge on any atom is -0.480 e. The van der Waals surface area contributed by atoms with Crippen molar-refractivity contribution in [2.75, 3.05) is 26.9 Å². The van der Waals surface area contributed by atoms with Crippen LogP contribution in [0.1, 0.15) is 53.4 Å². The van der Waals surface area contributed by atoms with E-state index < -0.39 is 11.4 Å². The summed E-state index contributed by atoms with van der Waals surface area (Å²) in [4.78, 5) is 27.0. The molecule has 1 amide bonds. The van der Waals surface area contributed by atoms with Crippen LogP contribution in [0, 0.1) is 5.92 Å². The molecule has 0 N–H and O–H groups in total. The van der Waals surface area contributed by atoms with Gasteiger partial charge in [0, 0.05) is 25.0 Å². The maximum atomic E-state index is 13.1. The van der Waals surface area contributed by atoms with Gasteiger partial charge in [0.05, 0.1) is 26.0 Å². The molecule has 3 rings (SSSR count). The van der Waals surface area contributed by atoms with Crippen molar-refractivity contribution in [1.82, 2.24) is 4.90 Å². The van der Waals surface area contributed by atoms with Gasteiger partial charge in [-0.2, -0.15) is 0 Å². The van der Waals surface area contributed by atoms with E-state index in [9.17, 15) is 9.59 Å². The highest BCUT2D eigenvalue weighted by Crippen LogP contribution is 2.39. The van der Waals surface area contributed by atoms with Gasteiger partial charge in [-0.05, 0) is 38.7 Å². The van der Waals surface area contributed by atoms with Crippen molar-refractivity contribution in [2.45, 2.75) is 64.8 Å². The Morgan fingerprint density at radius 2 is 2.00 bits per heavy atom. The van der Waals surface area contributed by atoms with Crippen LogP contribution in [0.25, 0.3) is 0 Å². The molecule has 7 nitrogen and oxygen atoms in total. The summed E-state index contributed by atoms with van der Waals surface area (Å²) in [5.74, 6) is -0.297. The zero-order chi connectivity index (χ0) is 20.5. The van der Waals surface area contributed by atoms with Crippen LogP contribution in [0.3, 0.4) is 0 Å². The molecule has 0 bridgehead atoms. The van der Waals surface area contributed by atoms with Crippen LogP contribution in [-0.2, 0) is 28.5 Å². The molecule has 0 radical (unpaired) electrons. The molecule has 1 unspecified atom stereocenters. The van der Waals surface area contributed by atoms with Gasteiger partial charge in [-0.1, -0.05) is 13.8 Å². The second-order valence-corrected chi connectivity index (χ2v) is 8.14. The number of ether oxygens (including phenoxy) is 4. The number of methoxy groups -OCH3 is 1. The van der Waals surface area contributed by atoms with Crippen molar-refractivity contribution in [2.24, 2.45) is 5.92 Å². The van der Waals surface area contributed by atoms with Crippen molar-refractivity contribution in [3.63, 3.8) is 0 Å². The number of carbonyl (C=O) groups excluding carboxylic acids is 2. The average Bonchev–Trinajstić information content (AvgIpc) is 3.13. The van der Waals surface area contributed by atoms with Crippen molar-refractivity contribution < 1.29 is 28.5 Å². The van der Waals surface area contributed by atoms with E-state index in [-0.39, 0.29) is 17.8 Å². The highest BCUT2D eigenvalue weighted by molar-refractivity contribution is 5.92. The molecular weight excluding hydrogens is 362 g/mol. The fourth-order valence-corrected chi connectivity index (χ4v) is 4.10. The number of hydrogen-bond donors (Lipinski definition) is 0. The predicted molar refractivity (Wildman–Crippen MR) is 102 cm³/mol. The fraction of sp³-hybridized carbons (Fsp3) is 0.714. The lowest BCUT2D eigenvalue weighted by Gasteiger charge is -2.42. The van der Waals surface area contributed by atoms with E-state index in [1.165, 1.54) is 7.11 Å². The Kier molecular flexibility index (Phi) is 5.87. The quantitative estimate of drug-likeness (QED) is 0.646. The van der Waals surface area contributed by atoms with Crippen LogP contribution in [0.15, 0.2) is 23.1 Å². The lowest BCUT2D eigenvalue weighted by atomic mass is 9.88. The van der Waals surface area contributed by atoms with Crippen molar-refractivity contribution in [3.8, 4) is 0 Å². The third-order valence-electron chi connectivity index (χ3n) is 5.74. The largest absolute Gasteiger partial charge is 0.480 e. The van der Waals surface area contributed by atoms with Gasteiger partial charge < -0.3 is 23.8 Å². The number of nitrogens with zero attached hydrogens (tertiary/aromatic N) is 1. The molecule has 0 spiro atoms. The monoisotopic (exact) mass is 393 g/mol. The van der Waals surface area contributed by atoms with Gasteiger partial charge in [-0.3, -0.25) is 4.79 Å². The second-order valence-electron chi connectivity index (χ2n) is 8.14. The van der Waals surface area contributed by atoms with Crippen molar-refractivity contribution >= 4 is 11.9 Å². The van der Waals surface area contributed by atoms with Crippen molar-refractivity contribution in [1.29, 1.82) is 0 Å². The predicted octanol–water partition coefficient (Wildman–Crippen LogP) is 2.91. The molecule has 1 aliphatic carbocycles. The summed E-state index contributed by atoms with van der Waals surface area (Å²) < 4.78 is 22.5. The molecule has 28 heavy (non-hydrogen) atoms. The van der Waals surface area contributed by atoms with Crippen LogP contribution in [-0.4, -0.2) is 55.0 Å². The number of rotatable bonds is 6. The Balaban J connectivity index is 1.82. The number of carbonyl (C=O) groups is 2. The van der Waals surface area contributed by atoms with E-state index in [0.29, 0.717) is 43.9 Å². The van der Waals surface area contributed by atoms with E-state index in [4.69, 9.17) is 18.9 Å². The molecule has 2 aliphatic heterocycles. The molecule has 0 saturated carbocycles. The number of esters is 1. The summed E-state index contributed by atoms with van der Waals surface area (Å²) in [5, 5.41) is 0. The minimum atomic E-state index is -0.933. The Bertz CT molecular complexity index is 702. The lowest BCUT2D eigenvalue weighted by Crippen LogP contribution is -2.51. The van der Waals surface area contributed by atoms with Gasteiger partial charge in [0.1, 0.15) is 5.76 Å². The molecule has 156 valence electrons. The maximum absolute atomic E-state index is 13.1. The van der Waals surface area contributed by atoms with Gasteiger partial charge >= 0.3 is 5.97 Å². The molecule has 0 aromatic heterocycles. The summed E-state index contributed by atoms with van der Waals surface area (Å²) in [5.41, 5.74) is 0.300. The number of amides is 1. The van der Waals surface area contributed by atoms with Crippen LogP contribution < -0.4 is 0 Å². The standard InChI is InChI=1S/C21H31NO6/c1-6-21(26-10-11-27-21)8-7-9-22-16-13-15(18(23)25-5)14(2)12-17(16)28-20(3,4)19(22)24/h13-14H,6-12H2,1-5H3. The Hall–Kier alpha value is -1.86. The summed E-state index contributed by atoms with van der Waals surface area (Å²) in [6, 6.07) is 0. The Labute approximate surface area is 166 Å². The number of hydrogen-bond acceptors (Lipinski definition) is 6. The van der Waals surface area contributed by atoms with Crippen LogP contribution in [0.2, 0.25) is 0 Å².